The molecule has 1 aliphatic heterocycles. The lowest BCUT2D eigenvalue weighted by atomic mass is 10.3. The van der Waals surface area contributed by atoms with Gasteiger partial charge in [-0.3, -0.25) is 0 Å². The van der Waals surface area contributed by atoms with Crippen molar-refractivity contribution in [1.82, 2.24) is 4.98 Å². The Labute approximate surface area is 123 Å². The minimum atomic E-state index is -3.09. The molecule has 1 fully saturated rings. The van der Waals surface area contributed by atoms with E-state index in [9.17, 15) is 17.2 Å². The van der Waals surface area contributed by atoms with E-state index in [2.05, 4.69) is 10.3 Å². The number of aromatic nitrogens is 1. The summed E-state index contributed by atoms with van der Waals surface area (Å²) in [4.78, 5) is 5.56. The lowest BCUT2D eigenvalue weighted by Crippen LogP contribution is -2.29. The molecule has 0 saturated carbocycles. The topological polar surface area (TPSA) is 62.3 Å². The molecule has 1 N–H and O–H groups in total. The molecule has 0 amide bonds. The van der Waals surface area contributed by atoms with Crippen LogP contribution in [0.25, 0.3) is 0 Å². The van der Waals surface area contributed by atoms with Gasteiger partial charge >= 0.3 is 0 Å². The van der Waals surface area contributed by atoms with Gasteiger partial charge in [0.1, 0.15) is 0 Å². The van der Waals surface area contributed by atoms with E-state index in [0.717, 1.165) is 12.5 Å². The van der Waals surface area contributed by atoms with Gasteiger partial charge in [-0.05, 0) is 12.8 Å². The van der Waals surface area contributed by atoms with Crippen LogP contribution in [0.3, 0.4) is 0 Å². The van der Waals surface area contributed by atoms with Crippen molar-refractivity contribution >= 4 is 21.5 Å². The standard InChI is InChI=1S/C13H19F2N3O2S/c1-2-4-16-12-10(14)9-11(15)13(17-12)18-5-3-7-21(19,20)8-6-18/h9H,2-8H2,1H3,(H,16,17). The Bertz CT molecular complexity index is 608. The summed E-state index contributed by atoms with van der Waals surface area (Å²) in [7, 11) is -3.09. The smallest absolute Gasteiger partial charge is 0.168 e. The Morgan fingerprint density at radius 3 is 2.76 bits per heavy atom. The van der Waals surface area contributed by atoms with Crippen molar-refractivity contribution in [3.05, 3.63) is 17.7 Å². The summed E-state index contributed by atoms with van der Waals surface area (Å²) < 4.78 is 50.7. The van der Waals surface area contributed by atoms with Gasteiger partial charge in [-0.1, -0.05) is 6.92 Å². The molecule has 0 spiro atoms. The Kier molecular flexibility index (Phi) is 4.97. The number of nitrogens with zero attached hydrogens (tertiary/aromatic N) is 2. The number of pyridine rings is 1. The van der Waals surface area contributed by atoms with Crippen LogP contribution >= 0.6 is 0 Å². The third kappa shape index (κ3) is 4.03. The predicted octanol–water partition coefficient (Wildman–Crippen LogP) is 1.81. The number of nitrogens with one attached hydrogen (secondary N) is 1. The third-order valence-corrected chi connectivity index (χ3v) is 5.02. The fourth-order valence-electron chi connectivity index (χ4n) is 2.20. The van der Waals surface area contributed by atoms with E-state index in [1.807, 2.05) is 6.92 Å². The summed E-state index contributed by atoms with van der Waals surface area (Å²) in [6, 6.07) is 0.791. The number of sulfone groups is 1. The maximum Gasteiger partial charge on any atom is 0.168 e. The molecule has 1 saturated heterocycles. The molecule has 118 valence electrons. The van der Waals surface area contributed by atoms with Crippen LogP contribution < -0.4 is 10.2 Å². The zero-order valence-electron chi connectivity index (χ0n) is 11.9. The van der Waals surface area contributed by atoms with E-state index in [4.69, 9.17) is 0 Å². The average molecular weight is 319 g/mol. The third-order valence-electron chi connectivity index (χ3n) is 3.31. The first-order valence-electron chi connectivity index (χ1n) is 6.98. The van der Waals surface area contributed by atoms with Crippen LogP contribution in [-0.4, -0.2) is 44.5 Å². The summed E-state index contributed by atoms with van der Waals surface area (Å²) in [5, 5.41) is 2.80. The van der Waals surface area contributed by atoms with Crippen molar-refractivity contribution in [3.63, 3.8) is 0 Å². The Balaban J connectivity index is 2.25. The molecule has 2 rings (SSSR count). The molecular weight excluding hydrogens is 300 g/mol. The number of hydrogen-bond acceptors (Lipinski definition) is 5. The molecule has 21 heavy (non-hydrogen) atoms. The summed E-state index contributed by atoms with van der Waals surface area (Å²) in [6.07, 6.45) is 1.20. The van der Waals surface area contributed by atoms with Crippen molar-refractivity contribution < 1.29 is 17.2 Å². The molecule has 5 nitrogen and oxygen atoms in total. The normalized spacial score (nSPS) is 18.3. The SMILES string of the molecule is CCCNc1nc(N2CCCS(=O)(=O)CC2)c(F)cc1F. The highest BCUT2D eigenvalue weighted by molar-refractivity contribution is 7.91. The maximum atomic E-state index is 13.9. The van der Waals surface area contributed by atoms with Crippen LogP contribution in [0.4, 0.5) is 20.4 Å². The van der Waals surface area contributed by atoms with E-state index in [-0.39, 0.29) is 29.7 Å². The largest absolute Gasteiger partial charge is 0.368 e. The van der Waals surface area contributed by atoms with Crippen LogP contribution in [0.5, 0.6) is 0 Å². The molecule has 1 aromatic rings. The number of hydrogen-bond donors (Lipinski definition) is 1. The van der Waals surface area contributed by atoms with Gasteiger partial charge in [0.05, 0.1) is 11.5 Å². The van der Waals surface area contributed by atoms with E-state index in [0.29, 0.717) is 19.5 Å². The quantitative estimate of drug-likeness (QED) is 0.917. The lowest BCUT2D eigenvalue weighted by Gasteiger charge is -2.22. The van der Waals surface area contributed by atoms with Crippen molar-refractivity contribution in [2.24, 2.45) is 0 Å². The minimum absolute atomic E-state index is 0.000328. The van der Waals surface area contributed by atoms with Gasteiger partial charge in [0.2, 0.25) is 0 Å². The summed E-state index contributed by atoms with van der Waals surface area (Å²) in [5.41, 5.74) is 0. The molecule has 0 radical (unpaired) electrons. The number of anilines is 2. The van der Waals surface area contributed by atoms with Crippen molar-refractivity contribution in [2.45, 2.75) is 19.8 Å². The molecule has 8 heteroatoms. The highest BCUT2D eigenvalue weighted by Gasteiger charge is 2.23. The van der Waals surface area contributed by atoms with Gasteiger partial charge in [-0.15, -0.1) is 0 Å². The zero-order chi connectivity index (χ0) is 15.5. The first-order chi connectivity index (χ1) is 9.93. The molecule has 1 aliphatic rings. The molecule has 1 aromatic heterocycles. The minimum Gasteiger partial charge on any atom is -0.368 e. The van der Waals surface area contributed by atoms with Crippen molar-refractivity contribution in [1.29, 1.82) is 0 Å². The first-order valence-corrected chi connectivity index (χ1v) is 8.80. The first kappa shape index (κ1) is 15.9. The van der Waals surface area contributed by atoms with Gasteiger partial charge < -0.3 is 10.2 Å². The van der Waals surface area contributed by atoms with Crippen LogP contribution in [0.1, 0.15) is 19.8 Å². The number of rotatable bonds is 4. The summed E-state index contributed by atoms with van der Waals surface area (Å²) in [6.45, 7) is 3.02. The molecule has 2 heterocycles. The van der Waals surface area contributed by atoms with Crippen molar-refractivity contribution in [2.75, 3.05) is 41.4 Å². The van der Waals surface area contributed by atoms with E-state index < -0.39 is 21.5 Å². The van der Waals surface area contributed by atoms with E-state index >= 15 is 0 Å². The van der Waals surface area contributed by atoms with Gasteiger partial charge in [-0.25, -0.2) is 22.2 Å². The fraction of sp³-hybridized carbons (Fsp3) is 0.615. The monoisotopic (exact) mass is 319 g/mol. The average Bonchev–Trinajstić information content (AvgIpc) is 2.59. The second-order valence-electron chi connectivity index (χ2n) is 5.04. The summed E-state index contributed by atoms with van der Waals surface area (Å²) in [5.74, 6) is -1.45. The second-order valence-corrected chi connectivity index (χ2v) is 7.35. The van der Waals surface area contributed by atoms with Gasteiger partial charge in [0.15, 0.2) is 33.1 Å². The molecule has 0 bridgehead atoms. The molecule has 0 aromatic carbocycles. The van der Waals surface area contributed by atoms with Crippen molar-refractivity contribution in [3.8, 4) is 0 Å². The molecule has 0 atom stereocenters. The van der Waals surface area contributed by atoms with E-state index in [1.54, 1.807) is 4.90 Å². The highest BCUT2D eigenvalue weighted by Crippen LogP contribution is 2.23. The summed E-state index contributed by atoms with van der Waals surface area (Å²) >= 11 is 0. The fourth-order valence-corrected chi connectivity index (χ4v) is 3.47. The maximum absolute atomic E-state index is 13.9. The molecular formula is C13H19F2N3O2S. The van der Waals surface area contributed by atoms with Crippen LogP contribution in [-0.2, 0) is 9.84 Å². The van der Waals surface area contributed by atoms with Crippen LogP contribution in [0, 0.1) is 11.6 Å². The second kappa shape index (κ2) is 6.55. The van der Waals surface area contributed by atoms with Crippen LogP contribution in [0.15, 0.2) is 6.07 Å². The Hall–Kier alpha value is -1.44. The van der Waals surface area contributed by atoms with Crippen LogP contribution in [0.2, 0.25) is 0 Å². The predicted molar refractivity (Wildman–Crippen MR) is 78.4 cm³/mol. The lowest BCUT2D eigenvalue weighted by molar-refractivity contribution is 0.569. The van der Waals surface area contributed by atoms with Gasteiger partial charge in [0.25, 0.3) is 0 Å². The Morgan fingerprint density at radius 2 is 2.05 bits per heavy atom. The Morgan fingerprint density at radius 1 is 1.29 bits per heavy atom. The zero-order valence-corrected chi connectivity index (χ0v) is 12.7. The van der Waals surface area contributed by atoms with E-state index in [1.165, 1.54) is 0 Å². The van der Waals surface area contributed by atoms with Gasteiger partial charge in [0, 0.05) is 25.7 Å². The molecule has 0 unspecified atom stereocenters. The van der Waals surface area contributed by atoms with Gasteiger partial charge in [-0.2, -0.15) is 0 Å². The highest BCUT2D eigenvalue weighted by atomic mass is 32.2. The molecule has 0 aliphatic carbocycles. The number of halogens is 2.